The van der Waals surface area contributed by atoms with Crippen LogP contribution in [0.15, 0.2) is 48.5 Å². The van der Waals surface area contributed by atoms with E-state index in [2.05, 4.69) is 72.6 Å². The molecule has 0 radical (unpaired) electrons. The molecule has 0 bridgehead atoms. The monoisotopic (exact) mass is 338 g/mol. The Kier molecular flexibility index (Phi) is 6.11. The number of nitrogens with zero attached hydrogens (tertiary/aromatic N) is 1. The first-order valence-electron chi connectivity index (χ1n) is 9.40. The predicted molar refractivity (Wildman–Crippen MR) is 105 cm³/mol. The molecule has 1 aliphatic heterocycles. The van der Waals surface area contributed by atoms with Crippen LogP contribution >= 0.6 is 0 Å². The lowest BCUT2D eigenvalue weighted by Gasteiger charge is -2.33. The number of benzene rings is 2. The van der Waals surface area contributed by atoms with E-state index in [0.717, 1.165) is 32.5 Å². The van der Waals surface area contributed by atoms with E-state index in [1.54, 1.807) is 0 Å². The molecule has 2 N–H and O–H groups in total. The van der Waals surface area contributed by atoms with Gasteiger partial charge in [0, 0.05) is 38.0 Å². The van der Waals surface area contributed by atoms with Crippen molar-refractivity contribution in [2.24, 2.45) is 5.92 Å². The van der Waals surface area contributed by atoms with Gasteiger partial charge in [0.2, 0.25) is 0 Å². The SMILES string of the molecule is Cc1ccc(C(C)NCc2ccc(N3CCC(CO)CC3)cc2)cc1. The van der Waals surface area contributed by atoms with Gasteiger partial charge in [-0.05, 0) is 55.9 Å². The summed E-state index contributed by atoms with van der Waals surface area (Å²) < 4.78 is 0. The summed E-state index contributed by atoms with van der Waals surface area (Å²) in [5.41, 5.74) is 5.24. The van der Waals surface area contributed by atoms with E-state index < -0.39 is 0 Å². The lowest BCUT2D eigenvalue weighted by atomic mass is 9.97. The van der Waals surface area contributed by atoms with Gasteiger partial charge < -0.3 is 15.3 Å². The van der Waals surface area contributed by atoms with Crippen molar-refractivity contribution >= 4 is 5.69 Å². The second-order valence-corrected chi connectivity index (χ2v) is 7.29. The highest BCUT2D eigenvalue weighted by molar-refractivity contribution is 5.48. The van der Waals surface area contributed by atoms with Crippen LogP contribution in [0.4, 0.5) is 5.69 Å². The van der Waals surface area contributed by atoms with E-state index in [0.29, 0.717) is 18.6 Å². The maximum Gasteiger partial charge on any atom is 0.0460 e. The Labute approximate surface area is 151 Å². The number of aryl methyl sites for hydroxylation is 1. The van der Waals surface area contributed by atoms with Crippen LogP contribution in [0, 0.1) is 12.8 Å². The molecule has 3 heteroatoms. The van der Waals surface area contributed by atoms with E-state index in [1.807, 2.05) is 0 Å². The molecule has 0 spiro atoms. The summed E-state index contributed by atoms with van der Waals surface area (Å²) in [4.78, 5) is 2.43. The van der Waals surface area contributed by atoms with Gasteiger partial charge in [-0.3, -0.25) is 0 Å². The van der Waals surface area contributed by atoms with Gasteiger partial charge in [-0.2, -0.15) is 0 Å². The number of aliphatic hydroxyl groups is 1. The Morgan fingerprint density at radius 1 is 1.04 bits per heavy atom. The van der Waals surface area contributed by atoms with Crippen LogP contribution in [-0.2, 0) is 6.54 Å². The third kappa shape index (κ3) is 4.83. The number of hydrogen-bond donors (Lipinski definition) is 2. The molecule has 3 rings (SSSR count). The van der Waals surface area contributed by atoms with Crippen molar-refractivity contribution in [2.45, 2.75) is 39.3 Å². The van der Waals surface area contributed by atoms with Crippen LogP contribution in [-0.4, -0.2) is 24.8 Å². The average Bonchev–Trinajstić information content (AvgIpc) is 2.67. The number of nitrogens with one attached hydrogen (secondary N) is 1. The van der Waals surface area contributed by atoms with Crippen LogP contribution in [0.5, 0.6) is 0 Å². The molecule has 0 amide bonds. The summed E-state index contributed by atoms with van der Waals surface area (Å²) in [6, 6.07) is 18.0. The molecule has 2 aromatic carbocycles. The van der Waals surface area contributed by atoms with E-state index in [-0.39, 0.29) is 0 Å². The van der Waals surface area contributed by atoms with E-state index in [1.165, 1.54) is 22.4 Å². The standard InChI is InChI=1S/C22H30N2O/c1-17-3-7-21(8-4-17)18(2)23-15-19-5-9-22(10-6-19)24-13-11-20(16-25)12-14-24/h3-10,18,20,23,25H,11-16H2,1-2H3. The second-order valence-electron chi connectivity index (χ2n) is 7.29. The highest BCUT2D eigenvalue weighted by Crippen LogP contribution is 2.23. The quantitative estimate of drug-likeness (QED) is 0.834. The van der Waals surface area contributed by atoms with Gasteiger partial charge in [0.1, 0.15) is 0 Å². The Morgan fingerprint density at radius 3 is 2.28 bits per heavy atom. The van der Waals surface area contributed by atoms with E-state index in [9.17, 15) is 5.11 Å². The first-order valence-corrected chi connectivity index (χ1v) is 9.40. The number of rotatable bonds is 6. The van der Waals surface area contributed by atoms with Crippen molar-refractivity contribution in [3.8, 4) is 0 Å². The Balaban J connectivity index is 1.51. The van der Waals surface area contributed by atoms with E-state index >= 15 is 0 Å². The zero-order chi connectivity index (χ0) is 17.6. The highest BCUT2D eigenvalue weighted by Gasteiger charge is 2.18. The molecule has 0 aliphatic carbocycles. The minimum absolute atomic E-state index is 0.331. The summed E-state index contributed by atoms with van der Waals surface area (Å²) in [5, 5.41) is 12.9. The zero-order valence-electron chi connectivity index (χ0n) is 15.4. The lowest BCUT2D eigenvalue weighted by molar-refractivity contribution is 0.203. The van der Waals surface area contributed by atoms with E-state index in [4.69, 9.17) is 0 Å². The van der Waals surface area contributed by atoms with Crippen LogP contribution in [0.2, 0.25) is 0 Å². The van der Waals surface area contributed by atoms with Crippen LogP contribution in [0.1, 0.15) is 42.5 Å². The topological polar surface area (TPSA) is 35.5 Å². The fourth-order valence-electron chi connectivity index (χ4n) is 3.44. The predicted octanol–water partition coefficient (Wildman–Crippen LogP) is 4.05. The first kappa shape index (κ1) is 18.0. The van der Waals surface area contributed by atoms with Gasteiger partial charge in [-0.1, -0.05) is 42.0 Å². The molecular formula is C22H30N2O. The maximum atomic E-state index is 9.26. The van der Waals surface area contributed by atoms with Crippen molar-refractivity contribution in [1.82, 2.24) is 5.32 Å². The maximum absolute atomic E-state index is 9.26. The number of piperidine rings is 1. The van der Waals surface area contributed by atoms with Crippen molar-refractivity contribution < 1.29 is 5.11 Å². The molecule has 0 saturated carbocycles. The minimum atomic E-state index is 0.331. The zero-order valence-corrected chi connectivity index (χ0v) is 15.4. The summed E-state index contributed by atoms with van der Waals surface area (Å²) in [6.07, 6.45) is 2.18. The molecule has 1 unspecified atom stereocenters. The normalized spacial score (nSPS) is 16.8. The average molecular weight is 338 g/mol. The van der Waals surface area contributed by atoms with Crippen LogP contribution in [0.25, 0.3) is 0 Å². The largest absolute Gasteiger partial charge is 0.396 e. The molecule has 0 aromatic heterocycles. The van der Waals surface area contributed by atoms with Crippen LogP contribution in [0.3, 0.4) is 0 Å². The molecule has 3 nitrogen and oxygen atoms in total. The molecule has 1 heterocycles. The first-order chi connectivity index (χ1) is 12.2. The Morgan fingerprint density at radius 2 is 1.68 bits per heavy atom. The Hall–Kier alpha value is -1.84. The minimum Gasteiger partial charge on any atom is -0.396 e. The fraction of sp³-hybridized carbons (Fsp3) is 0.455. The van der Waals surface area contributed by atoms with Gasteiger partial charge in [0.15, 0.2) is 0 Å². The molecule has 134 valence electrons. The summed E-state index contributed by atoms with van der Waals surface area (Å²) in [7, 11) is 0. The van der Waals surface area contributed by atoms with Crippen LogP contribution < -0.4 is 10.2 Å². The molecular weight excluding hydrogens is 308 g/mol. The number of anilines is 1. The molecule has 1 saturated heterocycles. The van der Waals surface area contributed by atoms with Crippen molar-refractivity contribution in [3.63, 3.8) is 0 Å². The number of hydrogen-bond acceptors (Lipinski definition) is 3. The molecule has 25 heavy (non-hydrogen) atoms. The van der Waals surface area contributed by atoms with Gasteiger partial charge in [0.25, 0.3) is 0 Å². The van der Waals surface area contributed by atoms with Gasteiger partial charge in [-0.15, -0.1) is 0 Å². The lowest BCUT2D eigenvalue weighted by Crippen LogP contribution is -2.34. The van der Waals surface area contributed by atoms with Crippen molar-refractivity contribution in [3.05, 3.63) is 65.2 Å². The summed E-state index contributed by atoms with van der Waals surface area (Å²) in [6.45, 7) is 7.64. The molecule has 1 atom stereocenters. The molecule has 1 aliphatic rings. The summed E-state index contributed by atoms with van der Waals surface area (Å²) in [5.74, 6) is 0.489. The highest BCUT2D eigenvalue weighted by atomic mass is 16.3. The smallest absolute Gasteiger partial charge is 0.0460 e. The second kappa shape index (κ2) is 8.50. The van der Waals surface area contributed by atoms with Crippen molar-refractivity contribution in [2.75, 3.05) is 24.6 Å². The fourth-order valence-corrected chi connectivity index (χ4v) is 3.44. The molecule has 1 fully saturated rings. The third-order valence-electron chi connectivity index (χ3n) is 5.36. The molecule has 2 aromatic rings. The summed E-state index contributed by atoms with van der Waals surface area (Å²) >= 11 is 0. The number of aliphatic hydroxyl groups excluding tert-OH is 1. The Bertz CT molecular complexity index is 643. The van der Waals surface area contributed by atoms with Gasteiger partial charge in [0.05, 0.1) is 0 Å². The van der Waals surface area contributed by atoms with Crippen molar-refractivity contribution in [1.29, 1.82) is 0 Å². The third-order valence-corrected chi connectivity index (χ3v) is 5.36. The van der Waals surface area contributed by atoms with Gasteiger partial charge in [-0.25, -0.2) is 0 Å². The van der Waals surface area contributed by atoms with Gasteiger partial charge >= 0.3 is 0 Å².